The molecule has 352 valence electrons. The number of benzene rings is 10. The van der Waals surface area contributed by atoms with E-state index >= 15 is 0 Å². The lowest BCUT2D eigenvalue weighted by Gasteiger charge is -2.29. The summed E-state index contributed by atoms with van der Waals surface area (Å²) in [6.45, 7) is 13.7. The quantitative estimate of drug-likeness (QED) is 0.126. The number of para-hydroxylation sites is 2. The van der Waals surface area contributed by atoms with Crippen LogP contribution in [0.2, 0.25) is 0 Å². The lowest BCUT2D eigenvalue weighted by molar-refractivity contribution is 0.590. The predicted octanol–water partition coefficient (Wildman–Crippen LogP) is 20.1. The first-order valence-electron chi connectivity index (χ1n) is 25.5. The van der Waals surface area contributed by atoms with Gasteiger partial charge in [0.05, 0.1) is 0 Å². The molecule has 72 heavy (non-hydrogen) atoms. The molecule has 10 aromatic rings. The Balaban J connectivity index is 1.22. The first-order chi connectivity index (χ1) is 35.0. The molecule has 1 aliphatic rings. The maximum absolute atomic E-state index is 2.45. The Morgan fingerprint density at radius 3 is 1.22 bits per heavy atom. The van der Waals surface area contributed by atoms with Crippen LogP contribution >= 0.6 is 0 Å². The van der Waals surface area contributed by atoms with Crippen molar-refractivity contribution < 1.29 is 0 Å². The van der Waals surface area contributed by atoms with E-state index in [4.69, 9.17) is 0 Å². The van der Waals surface area contributed by atoms with Gasteiger partial charge in [0.1, 0.15) is 0 Å². The van der Waals surface area contributed by atoms with Crippen LogP contribution in [0.4, 0.5) is 34.1 Å². The third-order valence-corrected chi connectivity index (χ3v) is 14.5. The predicted molar refractivity (Wildman–Crippen MR) is 310 cm³/mol. The molecular weight excluding hydrogens is 869 g/mol. The Morgan fingerprint density at radius 1 is 0.333 bits per heavy atom. The van der Waals surface area contributed by atoms with Gasteiger partial charge in [-0.3, -0.25) is 0 Å². The lowest BCUT2D eigenvalue weighted by Crippen LogP contribution is -2.13. The minimum atomic E-state index is 0.0376. The van der Waals surface area contributed by atoms with Crippen LogP contribution in [0.3, 0.4) is 0 Å². The van der Waals surface area contributed by atoms with Crippen molar-refractivity contribution in [2.75, 3.05) is 9.80 Å². The summed E-state index contributed by atoms with van der Waals surface area (Å²) in [5, 5.41) is 4.81. The number of anilines is 6. The van der Waals surface area contributed by atoms with Gasteiger partial charge in [-0.05, 0) is 168 Å². The number of rotatable bonds is 10. The van der Waals surface area contributed by atoms with E-state index < -0.39 is 0 Å². The summed E-state index contributed by atoms with van der Waals surface area (Å²) in [5.41, 5.74) is 17.9. The Hall–Kier alpha value is -8.20. The van der Waals surface area contributed by atoms with E-state index in [0.717, 1.165) is 40.5 Å². The first kappa shape index (κ1) is 46.2. The van der Waals surface area contributed by atoms with Crippen LogP contribution in [0, 0.1) is 0 Å². The van der Waals surface area contributed by atoms with Gasteiger partial charge in [0, 0.05) is 40.0 Å². The number of fused-ring (bicyclic) bond motifs is 2. The molecule has 0 radical (unpaired) electrons. The third-order valence-electron chi connectivity index (χ3n) is 14.5. The van der Waals surface area contributed by atoms with E-state index in [1.165, 1.54) is 71.6 Å². The fraction of sp³-hybridized carbons (Fsp3) is 0.143. The highest BCUT2D eigenvalue weighted by Gasteiger charge is 2.24. The Bertz CT molecular complexity index is 3590. The van der Waals surface area contributed by atoms with Gasteiger partial charge in [-0.2, -0.15) is 0 Å². The molecule has 2 heteroatoms. The van der Waals surface area contributed by atoms with E-state index in [1.807, 2.05) is 0 Å². The summed E-state index contributed by atoms with van der Waals surface area (Å²) in [7, 11) is 0. The zero-order valence-corrected chi connectivity index (χ0v) is 42.4. The maximum Gasteiger partial charge on any atom is 0.0468 e. The van der Waals surface area contributed by atoms with Gasteiger partial charge in [-0.25, -0.2) is 0 Å². The molecule has 0 aromatic heterocycles. The molecule has 0 amide bonds. The topological polar surface area (TPSA) is 6.48 Å². The average Bonchev–Trinajstić information content (AvgIpc) is 3.41. The molecule has 1 aliphatic carbocycles. The summed E-state index contributed by atoms with van der Waals surface area (Å²) in [4.78, 5) is 4.83. The number of hydrogen-bond acceptors (Lipinski definition) is 2. The van der Waals surface area contributed by atoms with E-state index in [0.29, 0.717) is 5.92 Å². The zero-order valence-electron chi connectivity index (χ0n) is 42.4. The highest BCUT2D eigenvalue weighted by atomic mass is 15.1. The second-order valence-electron chi connectivity index (χ2n) is 21.4. The molecule has 0 saturated heterocycles. The molecule has 0 heterocycles. The van der Waals surface area contributed by atoms with Crippen LogP contribution in [-0.2, 0) is 10.8 Å². The van der Waals surface area contributed by atoms with Crippen molar-refractivity contribution in [2.45, 2.75) is 64.7 Å². The Kier molecular flexibility index (Phi) is 12.3. The summed E-state index contributed by atoms with van der Waals surface area (Å²) in [6.07, 6.45) is 9.97. The molecular formula is C70H62N2. The fourth-order valence-electron chi connectivity index (χ4n) is 10.6. The van der Waals surface area contributed by atoms with Gasteiger partial charge in [-0.15, -0.1) is 0 Å². The zero-order chi connectivity index (χ0) is 49.4. The van der Waals surface area contributed by atoms with Gasteiger partial charge in [0.2, 0.25) is 0 Å². The molecule has 0 spiro atoms. The Morgan fingerprint density at radius 2 is 0.750 bits per heavy atom. The van der Waals surface area contributed by atoms with Gasteiger partial charge < -0.3 is 9.80 Å². The smallest absolute Gasteiger partial charge is 0.0468 e. The van der Waals surface area contributed by atoms with E-state index in [2.05, 4.69) is 300 Å². The van der Waals surface area contributed by atoms with Crippen molar-refractivity contribution in [2.24, 2.45) is 0 Å². The van der Waals surface area contributed by atoms with Gasteiger partial charge >= 0.3 is 0 Å². The highest BCUT2D eigenvalue weighted by molar-refractivity contribution is 6.23. The molecule has 0 N–H and O–H groups in total. The van der Waals surface area contributed by atoms with E-state index in [-0.39, 0.29) is 10.8 Å². The number of hydrogen-bond donors (Lipinski definition) is 0. The second kappa shape index (κ2) is 19.2. The Labute approximate surface area is 426 Å². The summed E-state index contributed by atoms with van der Waals surface area (Å²) < 4.78 is 0. The van der Waals surface area contributed by atoms with E-state index in [1.54, 1.807) is 0 Å². The minimum Gasteiger partial charge on any atom is -0.310 e. The van der Waals surface area contributed by atoms with Crippen molar-refractivity contribution >= 4 is 55.7 Å². The van der Waals surface area contributed by atoms with Crippen molar-refractivity contribution in [1.29, 1.82) is 0 Å². The van der Waals surface area contributed by atoms with Crippen LogP contribution in [0.5, 0.6) is 0 Å². The normalized spacial score (nSPS) is 13.7. The fourth-order valence-corrected chi connectivity index (χ4v) is 10.6. The molecule has 0 fully saturated rings. The van der Waals surface area contributed by atoms with Crippen molar-refractivity contribution in [3.05, 3.63) is 265 Å². The summed E-state index contributed by atoms with van der Waals surface area (Å²) >= 11 is 0. The van der Waals surface area contributed by atoms with Crippen LogP contribution in [-0.4, -0.2) is 0 Å². The van der Waals surface area contributed by atoms with Crippen LogP contribution in [0.15, 0.2) is 249 Å². The average molecular weight is 931 g/mol. The van der Waals surface area contributed by atoms with Crippen molar-refractivity contribution in [3.63, 3.8) is 0 Å². The number of nitrogens with zero attached hydrogens (tertiary/aromatic N) is 2. The standard InChI is InChI=1S/C70H62N2/c1-69(2,3)55-33-37-59(38-34-55)71(57-29-15-9-16-30-57)61-41-43-63-65(47-61)67(53-27-19-25-51(45-53)49-21-11-7-12-22-49)64-44-42-62(48-66(64)68(63)54-28-20-26-52(46-54)50-23-13-8-14-24-50)72(58-31-17-10-18-32-58)60-39-35-56(36-40-60)70(4,5)6/h7-23,25-48,50H,24H2,1-6H3. The van der Waals surface area contributed by atoms with E-state index in [9.17, 15) is 0 Å². The molecule has 10 aromatic carbocycles. The van der Waals surface area contributed by atoms with Crippen LogP contribution < -0.4 is 9.80 Å². The minimum absolute atomic E-state index is 0.0376. The lowest BCUT2D eigenvalue weighted by atomic mass is 9.83. The van der Waals surface area contributed by atoms with Crippen molar-refractivity contribution in [1.82, 2.24) is 0 Å². The van der Waals surface area contributed by atoms with Gasteiger partial charge in [-0.1, -0.05) is 211 Å². The molecule has 2 nitrogen and oxygen atoms in total. The molecule has 0 aliphatic heterocycles. The molecule has 0 saturated carbocycles. The van der Waals surface area contributed by atoms with Crippen LogP contribution in [0.25, 0.3) is 54.9 Å². The van der Waals surface area contributed by atoms with Gasteiger partial charge in [0.25, 0.3) is 0 Å². The summed E-state index contributed by atoms with van der Waals surface area (Å²) in [5.74, 6) is 0.309. The third kappa shape index (κ3) is 9.17. The first-order valence-corrected chi connectivity index (χ1v) is 25.5. The molecule has 11 rings (SSSR count). The van der Waals surface area contributed by atoms with Crippen LogP contribution in [0.1, 0.15) is 70.6 Å². The largest absolute Gasteiger partial charge is 0.310 e. The van der Waals surface area contributed by atoms with Crippen molar-refractivity contribution in [3.8, 4) is 33.4 Å². The maximum atomic E-state index is 2.45. The molecule has 1 atom stereocenters. The van der Waals surface area contributed by atoms with Gasteiger partial charge in [0.15, 0.2) is 0 Å². The SMILES string of the molecule is CC(C)(C)c1ccc(N(c2ccccc2)c2ccc3c(-c4cccc(C5C=CC=CC5)c4)c4cc(N(c5ccccc5)c5ccc(C(C)(C)C)cc5)ccc4c(-c4cccc(-c5ccccc5)c4)c3c2)cc1. The highest BCUT2D eigenvalue weighted by Crippen LogP contribution is 2.49. The summed E-state index contributed by atoms with van der Waals surface area (Å²) in [6, 6.07) is 83.5. The molecule has 1 unspecified atom stereocenters. The second-order valence-corrected chi connectivity index (χ2v) is 21.4. The monoisotopic (exact) mass is 930 g/mol. The number of allylic oxidation sites excluding steroid dienone is 4. The molecule has 0 bridgehead atoms.